The normalized spacial score (nSPS) is 10.2. The molecule has 0 aromatic heterocycles. The Kier molecular flexibility index (Phi) is 11.4. The Labute approximate surface area is 187 Å². The molecule has 0 bridgehead atoms. The van der Waals surface area contributed by atoms with E-state index in [0.29, 0.717) is 23.0 Å². The molecule has 172 valence electrons. The van der Waals surface area contributed by atoms with E-state index in [-0.39, 0.29) is 11.8 Å². The van der Waals surface area contributed by atoms with Gasteiger partial charge in [-0.05, 0) is 47.5 Å². The summed E-state index contributed by atoms with van der Waals surface area (Å²) in [6, 6.07) is 10.7. The van der Waals surface area contributed by atoms with E-state index in [2.05, 4.69) is 21.1 Å². The van der Waals surface area contributed by atoms with Crippen molar-refractivity contribution in [3.05, 3.63) is 47.5 Å². The van der Waals surface area contributed by atoms with Gasteiger partial charge in [0.1, 0.15) is 0 Å². The van der Waals surface area contributed by atoms with Crippen LogP contribution in [0.3, 0.4) is 0 Å². The van der Waals surface area contributed by atoms with Gasteiger partial charge in [0.2, 0.25) is 11.8 Å². The molecular weight excluding hydrogens is 416 g/mol. The lowest BCUT2D eigenvalue weighted by Crippen LogP contribution is -2.12. The number of amides is 2. The molecular formula is C22H28N4O6. The summed E-state index contributed by atoms with van der Waals surface area (Å²) in [6.45, 7) is 2.79. The number of carbonyl (C=O) groups excluding carboxylic acids is 2. The maximum absolute atomic E-state index is 10.6. The average molecular weight is 444 g/mol. The van der Waals surface area contributed by atoms with Gasteiger partial charge in [-0.2, -0.15) is 10.2 Å². The molecule has 2 N–H and O–H groups in total. The number of nitrogens with one attached hydrogen (secondary N) is 2. The number of benzene rings is 2. The molecule has 10 heteroatoms. The minimum Gasteiger partial charge on any atom is -0.493 e. The Bertz CT molecular complexity index is 882. The number of carbonyl (C=O) groups is 2. The van der Waals surface area contributed by atoms with Crippen LogP contribution in [-0.4, -0.2) is 52.7 Å². The van der Waals surface area contributed by atoms with Crippen molar-refractivity contribution in [2.24, 2.45) is 10.2 Å². The second-order valence-corrected chi connectivity index (χ2v) is 6.08. The number of rotatable bonds is 8. The fourth-order valence-corrected chi connectivity index (χ4v) is 2.26. The molecule has 0 heterocycles. The van der Waals surface area contributed by atoms with Crippen LogP contribution in [-0.2, 0) is 9.59 Å². The zero-order valence-electron chi connectivity index (χ0n) is 19.0. The van der Waals surface area contributed by atoms with Crippen LogP contribution in [0.5, 0.6) is 23.0 Å². The Hall–Kier alpha value is -4.08. The highest BCUT2D eigenvalue weighted by atomic mass is 16.5. The second kappa shape index (κ2) is 14.0. The third kappa shape index (κ3) is 9.16. The van der Waals surface area contributed by atoms with Gasteiger partial charge < -0.3 is 18.9 Å². The van der Waals surface area contributed by atoms with Crippen molar-refractivity contribution in [3.63, 3.8) is 0 Å². The fourth-order valence-electron chi connectivity index (χ4n) is 2.26. The lowest BCUT2D eigenvalue weighted by Gasteiger charge is -2.07. The first-order valence-electron chi connectivity index (χ1n) is 9.37. The van der Waals surface area contributed by atoms with Crippen LogP contribution in [0, 0.1) is 0 Å². The molecule has 2 amide bonds. The van der Waals surface area contributed by atoms with E-state index in [1.165, 1.54) is 26.3 Å². The molecule has 0 unspecified atom stereocenters. The van der Waals surface area contributed by atoms with Crippen molar-refractivity contribution < 1.29 is 28.5 Å². The van der Waals surface area contributed by atoms with Crippen molar-refractivity contribution in [2.75, 3.05) is 28.4 Å². The van der Waals surface area contributed by atoms with E-state index in [0.717, 1.165) is 11.1 Å². The van der Waals surface area contributed by atoms with E-state index in [1.807, 2.05) is 12.1 Å². The van der Waals surface area contributed by atoms with Gasteiger partial charge in [0.05, 0.1) is 40.9 Å². The smallest absolute Gasteiger partial charge is 0.236 e. The summed E-state index contributed by atoms with van der Waals surface area (Å²) in [6.07, 6.45) is 3.06. The Morgan fingerprint density at radius 3 is 1.28 bits per heavy atom. The summed E-state index contributed by atoms with van der Waals surface area (Å²) >= 11 is 0. The molecule has 2 aromatic carbocycles. The molecule has 2 aromatic rings. The molecule has 0 aliphatic carbocycles. The standard InChI is InChI=1S/2C11H14N2O3/c2*1-8(14)13-12-7-9-4-5-10(15-2)11(6-9)16-3/h2*4-7H,1-3H3,(H,13,14)/b2*12-7+. The van der Waals surface area contributed by atoms with Crippen molar-refractivity contribution in [2.45, 2.75) is 13.8 Å². The van der Waals surface area contributed by atoms with Gasteiger partial charge in [-0.1, -0.05) is 0 Å². The van der Waals surface area contributed by atoms with Crippen molar-refractivity contribution >= 4 is 24.2 Å². The van der Waals surface area contributed by atoms with Crippen molar-refractivity contribution in [1.82, 2.24) is 10.9 Å². The molecule has 0 saturated heterocycles. The molecule has 0 radical (unpaired) electrons. The summed E-state index contributed by atoms with van der Waals surface area (Å²) < 4.78 is 20.4. The van der Waals surface area contributed by atoms with E-state index >= 15 is 0 Å². The number of ether oxygens (including phenoxy) is 4. The van der Waals surface area contributed by atoms with Crippen LogP contribution in [0.1, 0.15) is 25.0 Å². The third-order valence-electron chi connectivity index (χ3n) is 3.69. The van der Waals surface area contributed by atoms with Gasteiger partial charge >= 0.3 is 0 Å². The largest absolute Gasteiger partial charge is 0.493 e. The van der Waals surface area contributed by atoms with Gasteiger partial charge in [-0.15, -0.1) is 0 Å². The maximum atomic E-state index is 10.6. The minimum absolute atomic E-state index is 0.211. The molecule has 0 spiro atoms. The second-order valence-electron chi connectivity index (χ2n) is 6.08. The Balaban J connectivity index is 0.000000320. The zero-order valence-corrected chi connectivity index (χ0v) is 19.0. The zero-order chi connectivity index (χ0) is 23.9. The van der Waals surface area contributed by atoms with Gasteiger partial charge in [0.25, 0.3) is 0 Å². The molecule has 0 saturated carbocycles. The number of hydrogen-bond acceptors (Lipinski definition) is 8. The summed E-state index contributed by atoms with van der Waals surface area (Å²) in [5, 5.41) is 7.50. The minimum atomic E-state index is -0.211. The van der Waals surface area contributed by atoms with Gasteiger partial charge in [-0.3, -0.25) is 9.59 Å². The number of hydrazone groups is 2. The summed E-state index contributed by atoms with van der Waals surface area (Å²) in [4.78, 5) is 21.2. The highest BCUT2D eigenvalue weighted by Crippen LogP contribution is 2.27. The van der Waals surface area contributed by atoms with E-state index in [9.17, 15) is 9.59 Å². The number of nitrogens with zero attached hydrogens (tertiary/aromatic N) is 2. The van der Waals surface area contributed by atoms with Crippen LogP contribution in [0.4, 0.5) is 0 Å². The first kappa shape index (κ1) is 26.0. The molecule has 2 rings (SSSR count). The number of hydrogen-bond donors (Lipinski definition) is 2. The summed E-state index contributed by atoms with van der Waals surface area (Å²) in [7, 11) is 6.27. The van der Waals surface area contributed by atoms with Crippen LogP contribution >= 0.6 is 0 Å². The molecule has 0 atom stereocenters. The predicted octanol–water partition coefficient (Wildman–Crippen LogP) is 2.35. The van der Waals surface area contributed by atoms with E-state index in [1.54, 1.807) is 52.7 Å². The predicted molar refractivity (Wildman–Crippen MR) is 122 cm³/mol. The van der Waals surface area contributed by atoms with Crippen LogP contribution < -0.4 is 29.8 Å². The fraction of sp³-hybridized carbons (Fsp3) is 0.273. The molecule has 0 aliphatic rings. The summed E-state index contributed by atoms with van der Waals surface area (Å²) in [5.74, 6) is 2.12. The Morgan fingerprint density at radius 1 is 0.656 bits per heavy atom. The lowest BCUT2D eigenvalue weighted by atomic mass is 10.2. The first-order valence-corrected chi connectivity index (χ1v) is 9.37. The molecule has 0 aliphatic heterocycles. The monoisotopic (exact) mass is 444 g/mol. The van der Waals surface area contributed by atoms with Crippen molar-refractivity contribution in [1.29, 1.82) is 0 Å². The van der Waals surface area contributed by atoms with Crippen LogP contribution in [0.15, 0.2) is 46.6 Å². The van der Waals surface area contributed by atoms with Crippen LogP contribution in [0.25, 0.3) is 0 Å². The highest BCUT2D eigenvalue weighted by Gasteiger charge is 2.03. The number of methoxy groups -OCH3 is 4. The molecule has 0 fully saturated rings. The lowest BCUT2D eigenvalue weighted by molar-refractivity contribution is -0.119. The maximum Gasteiger partial charge on any atom is 0.236 e. The topological polar surface area (TPSA) is 120 Å². The Morgan fingerprint density at radius 2 is 1.00 bits per heavy atom. The highest BCUT2D eigenvalue weighted by molar-refractivity contribution is 5.83. The quantitative estimate of drug-likeness (QED) is 0.476. The van der Waals surface area contributed by atoms with E-state index < -0.39 is 0 Å². The van der Waals surface area contributed by atoms with Crippen LogP contribution in [0.2, 0.25) is 0 Å². The SMILES string of the molecule is COc1ccc(/C=N/NC(C)=O)cc1OC.COc1ccc(/C=N/NC(C)=O)cc1OC. The molecule has 10 nitrogen and oxygen atoms in total. The third-order valence-corrected chi connectivity index (χ3v) is 3.69. The summed E-state index contributed by atoms with van der Waals surface area (Å²) in [5.41, 5.74) is 6.26. The van der Waals surface area contributed by atoms with Crippen molar-refractivity contribution in [3.8, 4) is 23.0 Å². The van der Waals surface area contributed by atoms with Gasteiger partial charge in [0.15, 0.2) is 23.0 Å². The van der Waals surface area contributed by atoms with Gasteiger partial charge in [0, 0.05) is 13.8 Å². The first-order chi connectivity index (χ1) is 15.3. The average Bonchev–Trinajstić information content (AvgIpc) is 2.78. The van der Waals surface area contributed by atoms with E-state index in [4.69, 9.17) is 18.9 Å². The van der Waals surface area contributed by atoms with Gasteiger partial charge in [-0.25, -0.2) is 10.9 Å². The molecule has 32 heavy (non-hydrogen) atoms.